The summed E-state index contributed by atoms with van der Waals surface area (Å²) in [5.41, 5.74) is 0.551. The lowest BCUT2D eigenvalue weighted by atomic mass is 10.0. The largest absolute Gasteiger partial charge is 0.379 e. The maximum atomic E-state index is 12.1. The number of fused-ring (bicyclic) bond motifs is 5. The smallest absolute Gasteiger partial charge is 0.287 e. The molecule has 1 aromatic rings. The van der Waals surface area contributed by atoms with E-state index in [1.807, 2.05) is 6.92 Å². The number of aromatic nitrogens is 2. The van der Waals surface area contributed by atoms with E-state index in [4.69, 9.17) is 11.6 Å². The van der Waals surface area contributed by atoms with E-state index in [0.717, 1.165) is 35.8 Å². The molecule has 0 amide bonds. The Balaban J connectivity index is 1.53. The van der Waals surface area contributed by atoms with Crippen LogP contribution in [0.5, 0.6) is 0 Å². The number of hydrogen-bond acceptors (Lipinski definition) is 3. The molecule has 3 aliphatic carbocycles. The van der Waals surface area contributed by atoms with Gasteiger partial charge >= 0.3 is 0 Å². The summed E-state index contributed by atoms with van der Waals surface area (Å²) in [7, 11) is 0. The molecule has 1 N–H and O–H groups in total. The van der Waals surface area contributed by atoms with Gasteiger partial charge in [-0.05, 0) is 49.4 Å². The van der Waals surface area contributed by atoms with Crippen LogP contribution in [0.15, 0.2) is 11.0 Å². The van der Waals surface area contributed by atoms with Gasteiger partial charge in [-0.25, -0.2) is 4.68 Å². The van der Waals surface area contributed by atoms with Crippen molar-refractivity contribution in [2.45, 2.75) is 45.2 Å². The fourth-order valence-electron chi connectivity index (χ4n) is 4.63. The van der Waals surface area contributed by atoms with Crippen LogP contribution in [0, 0.1) is 23.7 Å². The minimum absolute atomic E-state index is 0.174. The molecule has 2 bridgehead atoms. The number of aryl methyl sites for hydroxylation is 1. The molecule has 0 radical (unpaired) electrons. The lowest BCUT2D eigenvalue weighted by molar-refractivity contribution is 0.456. The Labute approximate surface area is 123 Å². The summed E-state index contributed by atoms with van der Waals surface area (Å²) in [6, 6.07) is 0.530. The summed E-state index contributed by atoms with van der Waals surface area (Å²) in [4.78, 5) is 12.1. The van der Waals surface area contributed by atoms with E-state index in [-0.39, 0.29) is 5.56 Å². The normalized spacial score (nSPS) is 37.0. The Kier molecular flexibility index (Phi) is 2.85. The molecule has 1 heterocycles. The van der Waals surface area contributed by atoms with Crippen LogP contribution in [-0.2, 0) is 6.54 Å². The van der Waals surface area contributed by atoms with Gasteiger partial charge in [0.05, 0.1) is 11.9 Å². The zero-order valence-electron chi connectivity index (χ0n) is 11.7. The molecule has 0 saturated heterocycles. The second-order valence-electron chi connectivity index (χ2n) is 6.56. The number of nitrogens with one attached hydrogen (secondary N) is 1. The van der Waals surface area contributed by atoms with Gasteiger partial charge in [0, 0.05) is 12.6 Å². The van der Waals surface area contributed by atoms with E-state index in [9.17, 15) is 4.79 Å². The number of rotatable bonds is 4. The molecular formula is C15H20ClN3O. The molecule has 4 nitrogen and oxygen atoms in total. The molecule has 1 aromatic heterocycles. The average molecular weight is 294 g/mol. The van der Waals surface area contributed by atoms with Gasteiger partial charge in [0.1, 0.15) is 5.02 Å². The average Bonchev–Trinajstić information content (AvgIpc) is 2.83. The Hall–Kier alpha value is -1.03. The van der Waals surface area contributed by atoms with Crippen LogP contribution in [0.4, 0.5) is 5.69 Å². The van der Waals surface area contributed by atoms with E-state index < -0.39 is 0 Å². The van der Waals surface area contributed by atoms with Crippen molar-refractivity contribution in [3.05, 3.63) is 21.6 Å². The van der Waals surface area contributed by atoms with Gasteiger partial charge in [0.2, 0.25) is 0 Å². The van der Waals surface area contributed by atoms with Gasteiger partial charge in [-0.3, -0.25) is 4.79 Å². The molecule has 4 rings (SSSR count). The molecule has 3 fully saturated rings. The van der Waals surface area contributed by atoms with E-state index in [1.165, 1.54) is 23.9 Å². The van der Waals surface area contributed by atoms with Crippen molar-refractivity contribution in [1.82, 2.24) is 9.78 Å². The SMILES string of the molecule is CCCn1ncc(NC2C3C4CCC(C4)C23)c(Cl)c1=O. The van der Waals surface area contributed by atoms with Crippen LogP contribution in [-0.4, -0.2) is 15.8 Å². The minimum atomic E-state index is -0.174. The van der Waals surface area contributed by atoms with Crippen molar-refractivity contribution in [2.75, 3.05) is 5.32 Å². The van der Waals surface area contributed by atoms with Crippen molar-refractivity contribution >= 4 is 17.3 Å². The number of nitrogens with zero attached hydrogens (tertiary/aromatic N) is 2. The summed E-state index contributed by atoms with van der Waals surface area (Å²) in [6.45, 7) is 2.65. The van der Waals surface area contributed by atoms with Crippen LogP contribution in [0.3, 0.4) is 0 Å². The van der Waals surface area contributed by atoms with Gasteiger partial charge in [0.15, 0.2) is 0 Å². The standard InChI is InChI=1S/C15H20ClN3O/c1-2-5-19-15(20)13(16)10(7-17-19)18-14-11-8-3-4-9(6-8)12(11)14/h7-9,11-12,14,18H,2-6H2,1H3. The first-order valence-corrected chi connectivity index (χ1v) is 8.10. The number of halogens is 1. The van der Waals surface area contributed by atoms with Gasteiger partial charge in [-0.1, -0.05) is 18.5 Å². The Morgan fingerprint density at radius 2 is 2.10 bits per heavy atom. The monoisotopic (exact) mass is 293 g/mol. The fraction of sp³-hybridized carbons (Fsp3) is 0.733. The highest BCUT2D eigenvalue weighted by molar-refractivity contribution is 6.32. The first-order valence-electron chi connectivity index (χ1n) is 7.73. The predicted octanol–water partition coefficient (Wildman–Crippen LogP) is 2.76. The Morgan fingerprint density at radius 3 is 2.75 bits per heavy atom. The van der Waals surface area contributed by atoms with Crippen molar-refractivity contribution in [2.24, 2.45) is 23.7 Å². The van der Waals surface area contributed by atoms with Gasteiger partial charge < -0.3 is 5.32 Å². The second-order valence-corrected chi connectivity index (χ2v) is 6.94. The third-order valence-corrected chi connectivity index (χ3v) is 5.84. The van der Waals surface area contributed by atoms with Crippen molar-refractivity contribution in [3.8, 4) is 0 Å². The summed E-state index contributed by atoms with van der Waals surface area (Å²) in [6.07, 6.45) is 6.82. The topological polar surface area (TPSA) is 46.9 Å². The Morgan fingerprint density at radius 1 is 1.40 bits per heavy atom. The molecule has 0 aliphatic heterocycles. The zero-order chi connectivity index (χ0) is 13.9. The lowest BCUT2D eigenvalue weighted by Crippen LogP contribution is -2.25. The molecule has 3 aliphatic rings. The van der Waals surface area contributed by atoms with E-state index >= 15 is 0 Å². The zero-order valence-corrected chi connectivity index (χ0v) is 12.4. The predicted molar refractivity (Wildman–Crippen MR) is 79.0 cm³/mol. The molecular weight excluding hydrogens is 274 g/mol. The van der Waals surface area contributed by atoms with Crippen LogP contribution < -0.4 is 10.9 Å². The molecule has 0 spiro atoms. The highest BCUT2D eigenvalue weighted by atomic mass is 35.5. The Bertz CT molecular complexity index is 583. The van der Waals surface area contributed by atoms with E-state index in [1.54, 1.807) is 6.20 Å². The first-order chi connectivity index (χ1) is 9.70. The highest BCUT2D eigenvalue weighted by Gasteiger charge is 2.65. The van der Waals surface area contributed by atoms with Crippen LogP contribution in [0.2, 0.25) is 5.02 Å². The molecule has 3 saturated carbocycles. The van der Waals surface area contributed by atoms with Crippen LogP contribution in [0.25, 0.3) is 0 Å². The maximum absolute atomic E-state index is 12.1. The number of anilines is 1. The third kappa shape index (κ3) is 1.73. The third-order valence-electron chi connectivity index (χ3n) is 5.48. The van der Waals surface area contributed by atoms with Gasteiger partial charge in [-0.2, -0.15) is 5.10 Å². The summed E-state index contributed by atoms with van der Waals surface area (Å²) >= 11 is 6.22. The molecule has 4 atom stereocenters. The van der Waals surface area contributed by atoms with Gasteiger partial charge in [0.25, 0.3) is 5.56 Å². The molecule has 20 heavy (non-hydrogen) atoms. The second kappa shape index (κ2) is 4.48. The van der Waals surface area contributed by atoms with Crippen molar-refractivity contribution in [1.29, 1.82) is 0 Å². The van der Waals surface area contributed by atoms with Gasteiger partial charge in [-0.15, -0.1) is 0 Å². The molecule has 4 unspecified atom stereocenters. The van der Waals surface area contributed by atoms with Crippen molar-refractivity contribution in [3.63, 3.8) is 0 Å². The summed E-state index contributed by atoms with van der Waals surface area (Å²) in [5.74, 6) is 3.47. The van der Waals surface area contributed by atoms with Crippen LogP contribution >= 0.6 is 11.6 Å². The van der Waals surface area contributed by atoms with Crippen LogP contribution in [0.1, 0.15) is 32.6 Å². The molecule has 108 valence electrons. The lowest BCUT2D eigenvalue weighted by Gasteiger charge is -2.13. The highest BCUT2D eigenvalue weighted by Crippen LogP contribution is 2.66. The van der Waals surface area contributed by atoms with E-state index in [2.05, 4.69) is 10.4 Å². The molecule has 0 aromatic carbocycles. The number of hydrogen-bond donors (Lipinski definition) is 1. The summed E-state index contributed by atoms with van der Waals surface area (Å²) < 4.78 is 1.45. The minimum Gasteiger partial charge on any atom is -0.379 e. The first kappa shape index (κ1) is 12.7. The van der Waals surface area contributed by atoms with E-state index in [0.29, 0.717) is 17.6 Å². The maximum Gasteiger partial charge on any atom is 0.287 e. The fourth-order valence-corrected chi connectivity index (χ4v) is 4.84. The summed E-state index contributed by atoms with van der Waals surface area (Å²) in [5, 5.41) is 8.00. The van der Waals surface area contributed by atoms with Crippen molar-refractivity contribution < 1.29 is 0 Å². The quantitative estimate of drug-likeness (QED) is 0.928. The molecule has 5 heteroatoms.